The molecule has 3 heterocycles. The molecule has 288 valence electrons. The first kappa shape index (κ1) is 38.3. The van der Waals surface area contributed by atoms with E-state index in [1.165, 1.54) is 4.90 Å². The number of unbranched alkanes of at least 4 members (excludes halogenated alkanes) is 2. The van der Waals surface area contributed by atoms with Crippen LogP contribution in [0.4, 0.5) is 19.0 Å². The summed E-state index contributed by atoms with van der Waals surface area (Å²) in [6.07, 6.45) is -1.08. The third-order valence-electron chi connectivity index (χ3n) is 11.5. The van der Waals surface area contributed by atoms with Crippen molar-refractivity contribution in [1.29, 1.82) is 0 Å². The number of phenolic OH excluding ortho intramolecular Hbond substituents is 1. The molecular weight excluding hydrogens is 764 g/mol. The monoisotopic (exact) mass is 798 g/mol. The zero-order chi connectivity index (χ0) is 39.6. The van der Waals surface area contributed by atoms with Gasteiger partial charge >= 0.3 is 12.1 Å². The molecule has 7 rings (SSSR count). The second kappa shape index (κ2) is 14.3. The first-order valence-corrected chi connectivity index (χ1v) is 18.5. The first-order chi connectivity index (χ1) is 26.1. The molecule has 2 aromatic carbocycles. The molecule has 16 heteroatoms. The van der Waals surface area contributed by atoms with Crippen LogP contribution in [0.1, 0.15) is 66.7 Å². The number of nitrogens with zero attached hydrogens (tertiary/aromatic N) is 3. The van der Waals surface area contributed by atoms with E-state index < -0.39 is 75.5 Å². The summed E-state index contributed by atoms with van der Waals surface area (Å²) in [7, 11) is 0. The number of phenols is 1. The average Bonchev–Trinajstić information content (AvgIpc) is 3.50. The van der Waals surface area contributed by atoms with Crippen LogP contribution in [-0.4, -0.2) is 61.2 Å². The third kappa shape index (κ3) is 6.32. The average molecular weight is 800 g/mol. The number of aromatic hydroxyl groups is 1. The number of aryl methyl sites for hydroxylation is 1. The summed E-state index contributed by atoms with van der Waals surface area (Å²) in [5, 5.41) is 21.2. The minimum atomic E-state index is -4.76. The highest BCUT2D eigenvalue weighted by Gasteiger charge is 2.70. The number of carbonyl (C=O) groups is 5. The summed E-state index contributed by atoms with van der Waals surface area (Å²) in [5.41, 5.74) is 1.39. The van der Waals surface area contributed by atoms with Crippen molar-refractivity contribution in [1.82, 2.24) is 14.9 Å². The molecule has 3 aromatic rings. The fourth-order valence-corrected chi connectivity index (χ4v) is 9.38. The van der Waals surface area contributed by atoms with Crippen molar-refractivity contribution < 1.29 is 47.4 Å². The molecule has 11 nitrogen and oxygen atoms in total. The molecule has 2 aliphatic heterocycles. The van der Waals surface area contributed by atoms with Crippen molar-refractivity contribution in [2.45, 2.75) is 63.0 Å². The van der Waals surface area contributed by atoms with Gasteiger partial charge in [-0.1, -0.05) is 71.6 Å². The van der Waals surface area contributed by atoms with Crippen molar-refractivity contribution in [3.05, 3.63) is 98.7 Å². The number of allylic oxidation sites excluding steroid dienone is 2. The number of amides is 4. The van der Waals surface area contributed by atoms with Crippen LogP contribution >= 0.6 is 23.2 Å². The van der Waals surface area contributed by atoms with Crippen LogP contribution in [0.25, 0.3) is 0 Å². The molecule has 1 saturated carbocycles. The topological polar surface area (TPSA) is 157 Å². The Morgan fingerprint density at radius 3 is 2.40 bits per heavy atom. The van der Waals surface area contributed by atoms with E-state index in [4.69, 9.17) is 28.3 Å². The summed E-state index contributed by atoms with van der Waals surface area (Å²) in [6, 6.07) is 12.0. The largest absolute Gasteiger partial charge is 0.507 e. The van der Waals surface area contributed by atoms with Gasteiger partial charge in [0.15, 0.2) is 5.82 Å². The lowest BCUT2D eigenvalue weighted by atomic mass is 9.49. The van der Waals surface area contributed by atoms with Crippen LogP contribution in [0, 0.1) is 30.6 Å². The lowest BCUT2D eigenvalue weighted by Crippen LogP contribution is -2.53. The lowest BCUT2D eigenvalue weighted by molar-refractivity contribution is -0.141. The lowest BCUT2D eigenvalue weighted by Gasteiger charge is -2.50. The van der Waals surface area contributed by atoms with E-state index >= 15 is 4.79 Å². The highest BCUT2D eigenvalue weighted by molar-refractivity contribution is 6.33. The van der Waals surface area contributed by atoms with Gasteiger partial charge in [0.2, 0.25) is 11.8 Å². The van der Waals surface area contributed by atoms with Crippen molar-refractivity contribution in [2.75, 3.05) is 12.0 Å². The highest BCUT2D eigenvalue weighted by atomic mass is 35.5. The number of hydrazine groups is 1. The molecule has 55 heavy (non-hydrogen) atoms. The van der Waals surface area contributed by atoms with E-state index in [1.54, 1.807) is 49.4 Å². The number of aliphatic carboxylic acids is 1. The first-order valence-electron chi connectivity index (χ1n) is 17.8. The molecule has 3 N–H and O–H groups in total. The number of likely N-dealkylation sites (tertiary alicyclic amines) is 1. The molecule has 2 saturated heterocycles. The summed E-state index contributed by atoms with van der Waals surface area (Å²) in [4.78, 5) is 74.0. The SMILES string of the molecule is Cc1cccc([C@H]2C3=CC[C@@H]4C(=O)N(CCCCCC(=O)O)C(=O)[C@@H]4[C@@H]3C[C@H]3C(=O)N(Nc4ncc(C(F)(F)F)cc4Cl)C(=O)[C@@]23c2ccc(Cl)cc2)c1O. The predicted molar refractivity (Wildman–Crippen MR) is 193 cm³/mol. The molecule has 2 aliphatic carbocycles. The molecule has 1 aromatic heterocycles. The van der Waals surface area contributed by atoms with Gasteiger partial charge in [-0.15, -0.1) is 0 Å². The highest BCUT2D eigenvalue weighted by Crippen LogP contribution is 2.65. The molecule has 0 bridgehead atoms. The number of carboxylic acid groups (broad SMARTS) is 1. The molecule has 0 unspecified atom stereocenters. The molecular formula is C39H35Cl2F3N4O7. The van der Waals surface area contributed by atoms with Gasteiger partial charge < -0.3 is 10.2 Å². The van der Waals surface area contributed by atoms with E-state index in [-0.39, 0.29) is 43.3 Å². The Bertz CT molecular complexity index is 2150. The van der Waals surface area contributed by atoms with Gasteiger partial charge in [0.25, 0.3) is 11.8 Å². The van der Waals surface area contributed by atoms with Gasteiger partial charge in [-0.2, -0.15) is 18.2 Å². The van der Waals surface area contributed by atoms with Crippen LogP contribution in [0.15, 0.2) is 66.4 Å². The molecule has 4 aliphatic rings. The van der Waals surface area contributed by atoms with E-state index in [0.29, 0.717) is 63.8 Å². The van der Waals surface area contributed by atoms with Gasteiger partial charge in [0.05, 0.1) is 33.8 Å². The number of halogens is 5. The van der Waals surface area contributed by atoms with E-state index in [2.05, 4.69) is 10.4 Å². The number of hydrogen-bond donors (Lipinski definition) is 3. The summed E-state index contributed by atoms with van der Waals surface area (Å²) >= 11 is 12.5. The Labute approximate surface area is 323 Å². The minimum Gasteiger partial charge on any atom is -0.507 e. The minimum absolute atomic E-state index is 0.0355. The zero-order valence-corrected chi connectivity index (χ0v) is 30.8. The molecule has 4 amide bonds. The van der Waals surface area contributed by atoms with E-state index in [0.717, 1.165) is 0 Å². The predicted octanol–water partition coefficient (Wildman–Crippen LogP) is 7.05. The fraction of sp³-hybridized carbons (Fsp3) is 0.385. The molecule has 6 atom stereocenters. The Morgan fingerprint density at radius 2 is 1.73 bits per heavy atom. The quantitative estimate of drug-likeness (QED) is 0.111. The fourth-order valence-electron chi connectivity index (χ4n) is 9.05. The Balaban J connectivity index is 1.35. The molecule has 3 fully saturated rings. The van der Waals surface area contributed by atoms with E-state index in [1.807, 2.05) is 6.08 Å². The number of carbonyl (C=O) groups excluding carboxylic acids is 4. The number of imide groups is 2. The number of fused-ring (bicyclic) bond motifs is 4. The number of para-hydroxylation sites is 1. The van der Waals surface area contributed by atoms with Crippen LogP contribution in [0.2, 0.25) is 10.0 Å². The normalized spacial score (nSPS) is 26.1. The van der Waals surface area contributed by atoms with Crippen LogP contribution in [0.3, 0.4) is 0 Å². The summed E-state index contributed by atoms with van der Waals surface area (Å²) < 4.78 is 40.4. The second-order valence-corrected chi connectivity index (χ2v) is 15.3. The molecule has 0 spiro atoms. The Morgan fingerprint density at radius 1 is 1.00 bits per heavy atom. The number of rotatable bonds is 10. The van der Waals surface area contributed by atoms with Gasteiger partial charge in [-0.05, 0) is 67.9 Å². The smallest absolute Gasteiger partial charge is 0.417 e. The van der Waals surface area contributed by atoms with E-state index in [9.17, 15) is 37.5 Å². The third-order valence-corrected chi connectivity index (χ3v) is 12.0. The van der Waals surface area contributed by atoms with Crippen molar-refractivity contribution in [3.8, 4) is 5.75 Å². The summed E-state index contributed by atoms with van der Waals surface area (Å²) in [6.45, 7) is 1.78. The van der Waals surface area contributed by atoms with Gasteiger partial charge in [0, 0.05) is 35.7 Å². The van der Waals surface area contributed by atoms with Crippen molar-refractivity contribution in [3.63, 3.8) is 0 Å². The number of alkyl halides is 3. The van der Waals surface area contributed by atoms with Crippen LogP contribution in [0.5, 0.6) is 5.75 Å². The maximum atomic E-state index is 15.2. The number of aromatic nitrogens is 1. The Hall–Kier alpha value is -4.95. The zero-order valence-electron chi connectivity index (χ0n) is 29.3. The van der Waals surface area contributed by atoms with Crippen molar-refractivity contribution >= 4 is 58.6 Å². The van der Waals surface area contributed by atoms with Crippen molar-refractivity contribution in [2.24, 2.45) is 23.7 Å². The van der Waals surface area contributed by atoms with Crippen LogP contribution in [-0.2, 0) is 35.6 Å². The summed E-state index contributed by atoms with van der Waals surface area (Å²) in [5.74, 6) is -8.48. The standard InChI is InChI=1S/C39H35Cl2F3N4O7/c1-19-6-5-7-25(32(19)51)31-23-13-14-24-30(36(54)47(34(24)52)15-4-2-3-8-29(49)50)26(23)17-27-35(53)48(37(55)38(27,31)20-9-11-22(40)12-10-20)46-33-28(41)16-21(18-45-33)39(42,43)44/h5-7,9-13,16,18,24,26-27,30-31,51H,2-4,8,14-15,17H2,1H3,(H,45,46)(H,49,50)/t24-,26+,27-,30-,31+,38+/m0/s1. The number of hydrogen-bond acceptors (Lipinski definition) is 8. The van der Waals surface area contributed by atoms with Crippen LogP contribution < -0.4 is 5.43 Å². The number of nitrogens with one attached hydrogen (secondary N) is 1. The van der Waals surface area contributed by atoms with Gasteiger partial charge in [0.1, 0.15) is 5.75 Å². The van der Waals surface area contributed by atoms with Gasteiger partial charge in [-0.3, -0.25) is 34.3 Å². The number of carboxylic acids is 1. The second-order valence-electron chi connectivity index (χ2n) is 14.5. The Kier molecular flexibility index (Phi) is 9.95. The maximum absolute atomic E-state index is 15.2. The van der Waals surface area contributed by atoms with Gasteiger partial charge in [-0.25, -0.2) is 4.98 Å². The number of pyridine rings is 1. The maximum Gasteiger partial charge on any atom is 0.417 e. The number of anilines is 1. The number of benzene rings is 2. The molecule has 0 radical (unpaired) electrons.